The maximum absolute atomic E-state index is 5.84. The minimum absolute atomic E-state index is 0.451. The summed E-state index contributed by atoms with van der Waals surface area (Å²) < 4.78 is 11.2. The third kappa shape index (κ3) is 2.80. The van der Waals surface area contributed by atoms with Crippen LogP contribution in [0.4, 0.5) is 5.82 Å². The van der Waals surface area contributed by atoms with Crippen molar-refractivity contribution < 1.29 is 9.47 Å². The van der Waals surface area contributed by atoms with E-state index in [2.05, 4.69) is 15.4 Å². The van der Waals surface area contributed by atoms with E-state index in [1.54, 1.807) is 14.0 Å². The van der Waals surface area contributed by atoms with Gasteiger partial charge in [0.05, 0.1) is 12.7 Å². The van der Waals surface area contributed by atoms with Crippen LogP contribution in [0.25, 0.3) is 0 Å². The third-order valence-corrected chi connectivity index (χ3v) is 2.88. The molecule has 0 bridgehead atoms. The van der Waals surface area contributed by atoms with E-state index in [1.807, 2.05) is 32.0 Å². The number of nitrogen functional groups attached to an aromatic ring is 1. The fourth-order valence-corrected chi connectivity index (χ4v) is 1.81. The Labute approximate surface area is 117 Å². The van der Waals surface area contributed by atoms with Crippen LogP contribution in [0, 0.1) is 20.8 Å². The van der Waals surface area contributed by atoms with Crippen LogP contribution >= 0.6 is 0 Å². The molecule has 0 unspecified atom stereocenters. The molecule has 2 rings (SSSR count). The Balaban J connectivity index is 2.42. The number of hydrazine groups is 1. The van der Waals surface area contributed by atoms with E-state index in [4.69, 9.17) is 15.3 Å². The first-order valence-corrected chi connectivity index (χ1v) is 6.19. The fraction of sp³-hybridized carbons (Fsp3) is 0.286. The topological polar surface area (TPSA) is 82.3 Å². The van der Waals surface area contributed by atoms with Crippen LogP contribution in [0.15, 0.2) is 18.2 Å². The van der Waals surface area contributed by atoms with Gasteiger partial charge in [0.25, 0.3) is 0 Å². The molecule has 0 aliphatic heterocycles. The second-order valence-corrected chi connectivity index (χ2v) is 4.45. The standard InChI is InChI=1S/C14H18N4O2/c1-8-5-6-11(12(7-8)19-4)20-14-9(2)13(18-15)16-10(3)17-14/h5-7H,15H2,1-4H3,(H,16,17,18). The molecule has 106 valence electrons. The van der Waals surface area contributed by atoms with E-state index in [9.17, 15) is 0 Å². The molecule has 0 atom stereocenters. The summed E-state index contributed by atoms with van der Waals surface area (Å²) >= 11 is 0. The average molecular weight is 274 g/mol. The first-order chi connectivity index (χ1) is 9.55. The van der Waals surface area contributed by atoms with Gasteiger partial charge in [0.1, 0.15) is 11.6 Å². The summed E-state index contributed by atoms with van der Waals surface area (Å²) in [5, 5.41) is 0. The first-order valence-electron chi connectivity index (χ1n) is 6.19. The fourth-order valence-electron chi connectivity index (χ4n) is 1.81. The zero-order valence-electron chi connectivity index (χ0n) is 12.0. The number of methoxy groups -OCH3 is 1. The molecule has 0 fully saturated rings. The van der Waals surface area contributed by atoms with Crippen LogP contribution in [0.2, 0.25) is 0 Å². The predicted molar refractivity (Wildman–Crippen MR) is 77.1 cm³/mol. The van der Waals surface area contributed by atoms with Crippen molar-refractivity contribution in [1.29, 1.82) is 0 Å². The quantitative estimate of drug-likeness (QED) is 0.658. The van der Waals surface area contributed by atoms with E-state index in [1.165, 1.54) is 0 Å². The predicted octanol–water partition coefficient (Wildman–Crippen LogP) is 2.49. The number of nitrogens with one attached hydrogen (secondary N) is 1. The van der Waals surface area contributed by atoms with Gasteiger partial charge in [-0.1, -0.05) is 6.07 Å². The second kappa shape index (κ2) is 5.75. The van der Waals surface area contributed by atoms with Gasteiger partial charge in [-0.2, -0.15) is 4.98 Å². The molecule has 0 radical (unpaired) electrons. The highest BCUT2D eigenvalue weighted by Crippen LogP contribution is 2.33. The number of nitrogens with two attached hydrogens (primary N) is 1. The highest BCUT2D eigenvalue weighted by Gasteiger charge is 2.13. The van der Waals surface area contributed by atoms with Gasteiger partial charge in [-0.25, -0.2) is 10.8 Å². The molecule has 6 nitrogen and oxygen atoms in total. The molecule has 3 N–H and O–H groups in total. The zero-order chi connectivity index (χ0) is 14.7. The molecule has 1 heterocycles. The van der Waals surface area contributed by atoms with Crippen molar-refractivity contribution >= 4 is 5.82 Å². The van der Waals surface area contributed by atoms with Crippen molar-refractivity contribution in [2.75, 3.05) is 12.5 Å². The zero-order valence-corrected chi connectivity index (χ0v) is 12.0. The number of ether oxygens (including phenoxy) is 2. The van der Waals surface area contributed by atoms with E-state index in [0.29, 0.717) is 29.0 Å². The molecule has 0 amide bonds. The smallest absolute Gasteiger partial charge is 0.227 e. The van der Waals surface area contributed by atoms with Gasteiger partial charge >= 0.3 is 0 Å². The van der Waals surface area contributed by atoms with E-state index in [0.717, 1.165) is 11.1 Å². The van der Waals surface area contributed by atoms with E-state index in [-0.39, 0.29) is 0 Å². The lowest BCUT2D eigenvalue weighted by molar-refractivity contribution is 0.372. The Morgan fingerprint density at radius 1 is 1.10 bits per heavy atom. The highest BCUT2D eigenvalue weighted by molar-refractivity contribution is 5.50. The molecule has 1 aromatic heterocycles. The highest BCUT2D eigenvalue weighted by atomic mass is 16.5. The molecule has 1 aromatic carbocycles. The number of aromatic nitrogens is 2. The minimum Gasteiger partial charge on any atom is -0.493 e. The number of anilines is 1. The lowest BCUT2D eigenvalue weighted by atomic mass is 10.2. The SMILES string of the molecule is COc1cc(C)ccc1Oc1nc(C)nc(NN)c1C. The van der Waals surface area contributed by atoms with Crippen LogP contribution in [-0.2, 0) is 0 Å². The molecule has 0 saturated carbocycles. The largest absolute Gasteiger partial charge is 0.493 e. The molecule has 20 heavy (non-hydrogen) atoms. The number of hydrogen-bond donors (Lipinski definition) is 2. The van der Waals surface area contributed by atoms with Gasteiger partial charge in [-0.15, -0.1) is 0 Å². The molecule has 0 spiro atoms. The normalized spacial score (nSPS) is 10.2. The number of hydrogen-bond acceptors (Lipinski definition) is 6. The average Bonchev–Trinajstić information content (AvgIpc) is 2.44. The molecular weight excluding hydrogens is 256 g/mol. The number of nitrogens with zero attached hydrogens (tertiary/aromatic N) is 2. The Hall–Kier alpha value is -2.34. The molecule has 2 aromatic rings. The van der Waals surface area contributed by atoms with Crippen LogP contribution < -0.4 is 20.7 Å². The maximum Gasteiger partial charge on any atom is 0.227 e. The van der Waals surface area contributed by atoms with Crippen molar-refractivity contribution in [3.05, 3.63) is 35.2 Å². The Morgan fingerprint density at radius 2 is 1.85 bits per heavy atom. The lowest BCUT2D eigenvalue weighted by Crippen LogP contribution is -2.12. The number of rotatable bonds is 4. The number of benzene rings is 1. The van der Waals surface area contributed by atoms with Crippen LogP contribution in [0.5, 0.6) is 17.4 Å². The van der Waals surface area contributed by atoms with Crippen LogP contribution in [0.3, 0.4) is 0 Å². The van der Waals surface area contributed by atoms with Crippen molar-refractivity contribution in [2.24, 2.45) is 5.84 Å². The van der Waals surface area contributed by atoms with Crippen molar-refractivity contribution in [3.8, 4) is 17.4 Å². The minimum atomic E-state index is 0.451. The van der Waals surface area contributed by atoms with Gasteiger partial charge in [-0.3, -0.25) is 0 Å². The summed E-state index contributed by atoms with van der Waals surface area (Å²) in [5.41, 5.74) is 4.37. The van der Waals surface area contributed by atoms with E-state index < -0.39 is 0 Å². The maximum atomic E-state index is 5.84. The van der Waals surface area contributed by atoms with E-state index >= 15 is 0 Å². The summed E-state index contributed by atoms with van der Waals surface area (Å²) in [7, 11) is 1.60. The second-order valence-electron chi connectivity index (χ2n) is 4.45. The van der Waals surface area contributed by atoms with Gasteiger partial charge in [0.15, 0.2) is 11.5 Å². The Morgan fingerprint density at radius 3 is 2.50 bits per heavy atom. The monoisotopic (exact) mass is 274 g/mol. The van der Waals surface area contributed by atoms with Crippen molar-refractivity contribution in [1.82, 2.24) is 9.97 Å². The molecule has 6 heteroatoms. The lowest BCUT2D eigenvalue weighted by Gasteiger charge is -2.14. The van der Waals surface area contributed by atoms with Gasteiger partial charge in [-0.05, 0) is 38.5 Å². The summed E-state index contributed by atoms with van der Waals surface area (Å²) in [4.78, 5) is 8.48. The van der Waals surface area contributed by atoms with Crippen molar-refractivity contribution in [2.45, 2.75) is 20.8 Å². The molecule has 0 aliphatic carbocycles. The Bertz CT molecular complexity index is 629. The van der Waals surface area contributed by atoms with Gasteiger partial charge in [0, 0.05) is 0 Å². The summed E-state index contributed by atoms with van der Waals surface area (Å²) in [6, 6.07) is 5.70. The summed E-state index contributed by atoms with van der Waals surface area (Å²) in [5.74, 6) is 8.26. The van der Waals surface area contributed by atoms with Crippen LogP contribution in [-0.4, -0.2) is 17.1 Å². The van der Waals surface area contributed by atoms with Gasteiger partial charge in [0.2, 0.25) is 5.88 Å². The first kappa shape index (κ1) is 14.1. The molecular formula is C14H18N4O2. The summed E-state index contributed by atoms with van der Waals surface area (Å²) in [6.45, 7) is 5.60. The summed E-state index contributed by atoms with van der Waals surface area (Å²) in [6.07, 6.45) is 0. The van der Waals surface area contributed by atoms with Crippen molar-refractivity contribution in [3.63, 3.8) is 0 Å². The molecule has 0 aliphatic rings. The van der Waals surface area contributed by atoms with Crippen LogP contribution in [0.1, 0.15) is 17.0 Å². The number of aryl methyl sites for hydroxylation is 2. The molecule has 0 saturated heterocycles. The third-order valence-electron chi connectivity index (χ3n) is 2.88. The van der Waals surface area contributed by atoms with Gasteiger partial charge < -0.3 is 14.9 Å². The Kier molecular flexibility index (Phi) is 4.05.